The van der Waals surface area contributed by atoms with Gasteiger partial charge >= 0.3 is 0 Å². The monoisotopic (exact) mass is 473 g/mol. The van der Waals surface area contributed by atoms with Crippen molar-refractivity contribution in [3.8, 4) is 5.75 Å². The molecule has 2 aromatic carbocycles. The lowest BCUT2D eigenvalue weighted by molar-refractivity contribution is 0.309. The van der Waals surface area contributed by atoms with Gasteiger partial charge in [-0.05, 0) is 43.7 Å². The van der Waals surface area contributed by atoms with E-state index in [2.05, 4.69) is 10.2 Å². The van der Waals surface area contributed by atoms with Gasteiger partial charge in [-0.3, -0.25) is 0 Å². The summed E-state index contributed by atoms with van der Waals surface area (Å²) in [5, 5.41) is 10.7. The van der Waals surface area contributed by atoms with Crippen LogP contribution in [0.1, 0.15) is 24.7 Å². The van der Waals surface area contributed by atoms with Crippen molar-refractivity contribution in [2.24, 2.45) is 0 Å². The number of nitrogens with zero attached hydrogens (tertiary/aromatic N) is 3. The fourth-order valence-electron chi connectivity index (χ4n) is 2.74. The third-order valence-corrected chi connectivity index (χ3v) is 6.09. The van der Waals surface area contributed by atoms with E-state index in [0.29, 0.717) is 45.2 Å². The number of rotatable bonds is 9. The molecule has 0 spiro atoms. The molecule has 0 aliphatic heterocycles. The van der Waals surface area contributed by atoms with E-state index in [-0.39, 0.29) is 5.82 Å². The van der Waals surface area contributed by atoms with Gasteiger partial charge in [0.05, 0.1) is 11.6 Å². The first-order valence-electron chi connectivity index (χ1n) is 9.05. The van der Waals surface area contributed by atoms with E-state index < -0.39 is 0 Å². The molecule has 9 heteroatoms. The maximum atomic E-state index is 14.0. The van der Waals surface area contributed by atoms with Crippen LogP contribution in [0.4, 0.5) is 4.39 Å². The summed E-state index contributed by atoms with van der Waals surface area (Å²) in [6, 6.07) is 9.83. The van der Waals surface area contributed by atoms with Crippen molar-refractivity contribution < 1.29 is 9.13 Å². The van der Waals surface area contributed by atoms with Gasteiger partial charge in [0.2, 0.25) is 0 Å². The number of benzene rings is 2. The summed E-state index contributed by atoms with van der Waals surface area (Å²) in [4.78, 5) is 0. The number of hydrogen-bond acceptors (Lipinski definition) is 4. The van der Waals surface area contributed by atoms with Gasteiger partial charge in [0, 0.05) is 34.3 Å². The summed E-state index contributed by atoms with van der Waals surface area (Å²) >= 11 is 19.5. The zero-order chi connectivity index (χ0) is 20.8. The maximum absolute atomic E-state index is 14.0. The second kappa shape index (κ2) is 10.5. The van der Waals surface area contributed by atoms with Crippen LogP contribution < -0.4 is 4.74 Å². The van der Waals surface area contributed by atoms with E-state index in [1.807, 2.05) is 11.5 Å². The zero-order valence-corrected chi connectivity index (χ0v) is 18.8. The minimum absolute atomic E-state index is 0.314. The lowest BCUT2D eigenvalue weighted by atomic mass is 10.2. The quantitative estimate of drug-likeness (QED) is 0.255. The predicted octanol–water partition coefficient (Wildman–Crippen LogP) is 6.70. The Morgan fingerprint density at radius 3 is 2.66 bits per heavy atom. The Balaban J connectivity index is 1.56. The van der Waals surface area contributed by atoms with Crippen molar-refractivity contribution in [2.45, 2.75) is 37.2 Å². The van der Waals surface area contributed by atoms with Crippen LogP contribution in [0.15, 0.2) is 41.6 Å². The Labute approximate surface area is 188 Å². The van der Waals surface area contributed by atoms with E-state index >= 15 is 0 Å². The van der Waals surface area contributed by atoms with Crippen molar-refractivity contribution >= 4 is 46.6 Å². The van der Waals surface area contributed by atoms with Gasteiger partial charge in [0.1, 0.15) is 17.4 Å². The Morgan fingerprint density at radius 1 is 1.10 bits per heavy atom. The first-order chi connectivity index (χ1) is 14.0. The Hall–Kier alpha value is -1.47. The highest BCUT2D eigenvalue weighted by Crippen LogP contribution is 2.29. The fourth-order valence-corrected chi connectivity index (χ4v) is 4.57. The van der Waals surface area contributed by atoms with Gasteiger partial charge in [0.25, 0.3) is 0 Å². The van der Waals surface area contributed by atoms with Gasteiger partial charge in [-0.25, -0.2) is 4.39 Å². The lowest BCUT2D eigenvalue weighted by Gasteiger charge is -2.10. The number of halogens is 4. The third kappa shape index (κ3) is 5.79. The third-order valence-electron chi connectivity index (χ3n) is 4.21. The predicted molar refractivity (Wildman–Crippen MR) is 117 cm³/mol. The molecule has 29 heavy (non-hydrogen) atoms. The van der Waals surface area contributed by atoms with Gasteiger partial charge in [-0.1, -0.05) is 52.6 Å². The van der Waals surface area contributed by atoms with Crippen LogP contribution in [0, 0.1) is 5.82 Å². The van der Waals surface area contributed by atoms with Crippen molar-refractivity contribution in [3.63, 3.8) is 0 Å². The largest absolute Gasteiger partial charge is 0.492 e. The first-order valence-corrected chi connectivity index (χ1v) is 11.2. The average molecular weight is 475 g/mol. The van der Waals surface area contributed by atoms with Crippen LogP contribution in [-0.4, -0.2) is 21.4 Å². The van der Waals surface area contributed by atoms with Crippen LogP contribution in [0.3, 0.4) is 0 Å². The molecule has 0 aliphatic carbocycles. The molecule has 3 aromatic rings. The van der Waals surface area contributed by atoms with Gasteiger partial charge < -0.3 is 9.30 Å². The molecule has 0 fully saturated rings. The van der Waals surface area contributed by atoms with Crippen LogP contribution in [0.5, 0.6) is 5.75 Å². The van der Waals surface area contributed by atoms with Crippen molar-refractivity contribution in [1.82, 2.24) is 14.8 Å². The minimum atomic E-state index is -0.314. The van der Waals surface area contributed by atoms with Crippen LogP contribution in [-0.2, 0) is 18.7 Å². The highest BCUT2D eigenvalue weighted by Gasteiger charge is 2.14. The van der Waals surface area contributed by atoms with Crippen LogP contribution in [0.25, 0.3) is 0 Å². The molecule has 0 saturated carbocycles. The number of thioether (sulfide) groups is 1. The highest BCUT2D eigenvalue weighted by atomic mass is 35.5. The van der Waals surface area contributed by atoms with E-state index in [9.17, 15) is 4.39 Å². The molecule has 4 nitrogen and oxygen atoms in total. The zero-order valence-electron chi connectivity index (χ0n) is 15.7. The van der Waals surface area contributed by atoms with Crippen LogP contribution >= 0.6 is 46.6 Å². The number of aromatic nitrogens is 3. The molecule has 0 bridgehead atoms. The molecule has 0 radical (unpaired) electrons. The molecule has 1 heterocycles. The maximum Gasteiger partial charge on any atom is 0.191 e. The molecule has 154 valence electrons. The van der Waals surface area contributed by atoms with Gasteiger partial charge in [-0.15, -0.1) is 10.2 Å². The topological polar surface area (TPSA) is 39.9 Å². The van der Waals surface area contributed by atoms with Crippen LogP contribution in [0.2, 0.25) is 15.1 Å². The normalized spacial score (nSPS) is 11.1. The summed E-state index contributed by atoms with van der Waals surface area (Å²) in [6.07, 6.45) is 1.45. The van der Waals surface area contributed by atoms with E-state index in [4.69, 9.17) is 39.5 Å². The van der Waals surface area contributed by atoms with E-state index in [0.717, 1.165) is 23.9 Å². The Morgan fingerprint density at radius 2 is 1.93 bits per heavy atom. The molecular weight excluding hydrogens is 456 g/mol. The van der Waals surface area contributed by atoms with E-state index in [1.54, 1.807) is 30.3 Å². The molecule has 0 aliphatic rings. The molecule has 3 rings (SSSR count). The summed E-state index contributed by atoms with van der Waals surface area (Å²) in [5.74, 6) is 1.54. The van der Waals surface area contributed by atoms with Crippen molar-refractivity contribution in [3.05, 3.63) is 68.7 Å². The molecule has 0 unspecified atom stereocenters. The molecule has 1 aromatic heterocycles. The summed E-state index contributed by atoms with van der Waals surface area (Å²) in [6.45, 7) is 3.24. The fraction of sp³-hybridized carbons (Fsp3) is 0.300. The number of hydrogen-bond donors (Lipinski definition) is 0. The SMILES string of the molecule is CCn1c(CCCOc2ccc(Cl)cc2Cl)nnc1SCc1c(F)cccc1Cl. The standard InChI is InChI=1S/C20H19Cl3FN3OS/c1-2-27-19(7-4-10-28-18-9-8-13(21)11-16(18)23)25-26-20(27)29-12-14-15(22)5-3-6-17(14)24/h3,5-6,8-9,11H,2,4,7,10,12H2,1H3. The summed E-state index contributed by atoms with van der Waals surface area (Å²) < 4.78 is 21.7. The van der Waals surface area contributed by atoms with E-state index in [1.165, 1.54) is 17.8 Å². The molecule has 0 amide bonds. The minimum Gasteiger partial charge on any atom is -0.492 e. The molecule has 0 atom stereocenters. The number of aryl methyl sites for hydroxylation is 1. The number of ether oxygens (including phenoxy) is 1. The molecular formula is C20H19Cl3FN3OS. The first kappa shape index (κ1) is 22.2. The summed E-state index contributed by atoms with van der Waals surface area (Å²) in [5.41, 5.74) is 0.472. The lowest BCUT2D eigenvalue weighted by Crippen LogP contribution is -2.06. The highest BCUT2D eigenvalue weighted by molar-refractivity contribution is 7.98. The van der Waals surface area contributed by atoms with Crippen molar-refractivity contribution in [2.75, 3.05) is 6.61 Å². The van der Waals surface area contributed by atoms with Gasteiger partial charge in [-0.2, -0.15) is 0 Å². The van der Waals surface area contributed by atoms with Crippen molar-refractivity contribution in [1.29, 1.82) is 0 Å². The molecule has 0 saturated heterocycles. The Kier molecular flexibility index (Phi) is 8.07. The second-order valence-corrected chi connectivity index (χ2v) is 8.35. The molecule has 0 N–H and O–H groups in total. The average Bonchev–Trinajstić information content (AvgIpc) is 3.08. The Bertz CT molecular complexity index is 963. The van der Waals surface area contributed by atoms with Gasteiger partial charge in [0.15, 0.2) is 5.16 Å². The summed E-state index contributed by atoms with van der Waals surface area (Å²) in [7, 11) is 0. The second-order valence-electron chi connectivity index (χ2n) is 6.16. The smallest absolute Gasteiger partial charge is 0.191 e.